The maximum absolute atomic E-state index is 12.6. The van der Waals surface area contributed by atoms with Crippen LogP contribution in [0.1, 0.15) is 20.3 Å². The maximum atomic E-state index is 12.6. The number of aromatic nitrogens is 1. The van der Waals surface area contributed by atoms with Crippen molar-refractivity contribution in [1.29, 1.82) is 0 Å². The number of hydrogen-bond donors (Lipinski definition) is 3. The highest BCUT2D eigenvalue weighted by molar-refractivity contribution is 8.22. The van der Waals surface area contributed by atoms with Crippen molar-refractivity contribution in [1.82, 2.24) is 14.2 Å². The topological polar surface area (TPSA) is 103 Å². The molecule has 1 saturated heterocycles. The van der Waals surface area contributed by atoms with Crippen LogP contribution in [-0.4, -0.2) is 61.4 Å². The third-order valence-electron chi connectivity index (χ3n) is 5.07. The number of nitrogens with zero attached hydrogens (tertiary/aromatic N) is 3. The van der Waals surface area contributed by atoms with Crippen molar-refractivity contribution in [2.45, 2.75) is 31.2 Å². The Kier molecular flexibility index (Phi) is 6.02. The largest absolute Gasteiger partial charge is 0.340 e. The number of nitrogens with two attached hydrogens (primary N) is 1. The van der Waals surface area contributed by atoms with Crippen LogP contribution in [0.3, 0.4) is 0 Å². The van der Waals surface area contributed by atoms with Crippen molar-refractivity contribution >= 4 is 27.5 Å². The van der Waals surface area contributed by atoms with Crippen molar-refractivity contribution < 1.29 is 13.9 Å². The minimum atomic E-state index is -3.16. The Bertz CT molecular complexity index is 809. The highest BCUT2D eigenvalue weighted by atomic mass is 32.3. The van der Waals surface area contributed by atoms with Crippen LogP contribution in [0.4, 0.5) is 0 Å². The molecule has 1 aliphatic rings. The van der Waals surface area contributed by atoms with E-state index in [4.69, 9.17) is 5.73 Å². The quantitative estimate of drug-likeness (QED) is 0.739. The van der Waals surface area contributed by atoms with E-state index in [9.17, 15) is 13.9 Å². The lowest BCUT2D eigenvalue weighted by molar-refractivity contribution is -0.133. The fraction of sp³-hybridized carbons (Fsp3) is 0.474. The summed E-state index contributed by atoms with van der Waals surface area (Å²) in [6.45, 7) is 5.76. The summed E-state index contributed by atoms with van der Waals surface area (Å²) in [4.78, 5) is 18.9. The molecule has 1 atom stereocenters. The molecule has 0 aliphatic carbocycles. The van der Waals surface area contributed by atoms with Crippen molar-refractivity contribution in [2.75, 3.05) is 26.2 Å². The van der Waals surface area contributed by atoms with Crippen LogP contribution in [-0.2, 0) is 4.79 Å². The SMILES string of the molecule is CC(C)[C@H](N)C(=O)N1CCCN(S(O)(O)c2cccc3cnccc23)CC1. The first-order chi connectivity index (χ1) is 12.8. The first-order valence-electron chi connectivity index (χ1n) is 9.23. The van der Waals surface area contributed by atoms with Crippen molar-refractivity contribution in [3.63, 3.8) is 0 Å². The van der Waals surface area contributed by atoms with Gasteiger partial charge in [-0.2, -0.15) is 0 Å². The van der Waals surface area contributed by atoms with Crippen LogP contribution in [0.15, 0.2) is 41.6 Å². The van der Waals surface area contributed by atoms with Crippen molar-refractivity contribution in [2.24, 2.45) is 11.7 Å². The van der Waals surface area contributed by atoms with Gasteiger partial charge < -0.3 is 10.6 Å². The molecule has 1 aromatic heterocycles. The van der Waals surface area contributed by atoms with Crippen molar-refractivity contribution in [3.05, 3.63) is 36.7 Å². The van der Waals surface area contributed by atoms with Gasteiger partial charge in [-0.15, -0.1) is 10.8 Å². The zero-order valence-electron chi connectivity index (χ0n) is 15.8. The average Bonchev–Trinajstić information content (AvgIpc) is 2.93. The van der Waals surface area contributed by atoms with Crippen LogP contribution in [0.2, 0.25) is 0 Å². The van der Waals surface area contributed by atoms with Crippen LogP contribution in [0, 0.1) is 5.92 Å². The third-order valence-corrected chi connectivity index (χ3v) is 7.10. The molecule has 148 valence electrons. The summed E-state index contributed by atoms with van der Waals surface area (Å²) in [5.41, 5.74) is 6.01. The highest BCUT2D eigenvalue weighted by Crippen LogP contribution is 2.54. The van der Waals surface area contributed by atoms with Gasteiger partial charge in [0.2, 0.25) is 5.91 Å². The number of carbonyl (C=O) groups excluding carboxylic acids is 1. The number of rotatable bonds is 4. The molecule has 2 heterocycles. The molecule has 27 heavy (non-hydrogen) atoms. The van der Waals surface area contributed by atoms with Crippen LogP contribution in [0.25, 0.3) is 10.8 Å². The maximum Gasteiger partial charge on any atom is 0.239 e. The number of amides is 1. The molecular weight excluding hydrogens is 364 g/mol. The second-order valence-electron chi connectivity index (χ2n) is 7.25. The fourth-order valence-corrected chi connectivity index (χ4v) is 5.08. The Balaban J connectivity index is 1.81. The van der Waals surface area contributed by atoms with E-state index in [0.717, 1.165) is 10.8 Å². The molecule has 0 saturated carbocycles. The molecule has 0 bridgehead atoms. The van der Waals surface area contributed by atoms with Gasteiger partial charge in [0, 0.05) is 49.3 Å². The highest BCUT2D eigenvalue weighted by Gasteiger charge is 2.31. The minimum absolute atomic E-state index is 0.0698. The van der Waals surface area contributed by atoms with Crippen LogP contribution in [0.5, 0.6) is 0 Å². The van der Waals surface area contributed by atoms with Crippen molar-refractivity contribution in [3.8, 4) is 0 Å². The molecule has 4 N–H and O–H groups in total. The summed E-state index contributed by atoms with van der Waals surface area (Å²) in [6, 6.07) is 6.73. The lowest BCUT2D eigenvalue weighted by Crippen LogP contribution is -2.47. The van der Waals surface area contributed by atoms with Gasteiger partial charge in [-0.05, 0) is 24.5 Å². The van der Waals surface area contributed by atoms with E-state index in [2.05, 4.69) is 4.98 Å². The van der Waals surface area contributed by atoms with Gasteiger partial charge in [0.15, 0.2) is 0 Å². The summed E-state index contributed by atoms with van der Waals surface area (Å²) in [5, 5.41) is 1.65. The van der Waals surface area contributed by atoms with Gasteiger partial charge in [-0.3, -0.25) is 18.9 Å². The molecule has 7 nitrogen and oxygen atoms in total. The molecule has 3 rings (SSSR count). The molecule has 8 heteroatoms. The van der Waals surface area contributed by atoms with Gasteiger partial charge >= 0.3 is 0 Å². The van der Waals surface area contributed by atoms with Gasteiger partial charge in [-0.25, -0.2) is 4.31 Å². The Hall–Kier alpha value is -1.71. The van der Waals surface area contributed by atoms with E-state index in [-0.39, 0.29) is 11.8 Å². The summed E-state index contributed by atoms with van der Waals surface area (Å²) in [5.74, 6) is 0.00103. The summed E-state index contributed by atoms with van der Waals surface area (Å²) in [7, 11) is -3.16. The second kappa shape index (κ2) is 8.12. The fourth-order valence-electron chi connectivity index (χ4n) is 3.34. The molecule has 0 unspecified atom stereocenters. The van der Waals surface area contributed by atoms with Gasteiger partial charge in [0.05, 0.1) is 10.9 Å². The summed E-state index contributed by atoms with van der Waals surface area (Å²) < 4.78 is 23.8. The molecular formula is C19H28N4O3S. The lowest BCUT2D eigenvalue weighted by Gasteiger charge is -2.43. The molecule has 1 amide bonds. The monoisotopic (exact) mass is 392 g/mol. The standard InChI is InChI=1S/C19H28N4O3S/c1-14(2)18(20)19(24)22-9-4-10-23(12-11-22)27(25,26)17-6-3-5-15-13-21-8-7-16(15)17/h3,5-8,13-14,18,25-26H,4,9-12,20H2,1-2H3/t18-/m0/s1. The third kappa shape index (κ3) is 4.09. The van der Waals surface area contributed by atoms with Crippen LogP contribution >= 0.6 is 10.8 Å². The Morgan fingerprint density at radius 2 is 1.96 bits per heavy atom. The lowest BCUT2D eigenvalue weighted by atomic mass is 10.0. The Morgan fingerprint density at radius 3 is 2.70 bits per heavy atom. The summed E-state index contributed by atoms with van der Waals surface area (Å²) in [6.07, 6.45) is 4.03. The molecule has 0 radical (unpaired) electrons. The smallest absolute Gasteiger partial charge is 0.239 e. The first kappa shape index (κ1) is 20.0. The Labute approximate surface area is 161 Å². The number of hydrogen-bond acceptors (Lipinski definition) is 6. The number of carbonyl (C=O) groups is 1. The summed E-state index contributed by atoms with van der Waals surface area (Å²) >= 11 is 0. The predicted octanol–water partition coefficient (Wildman–Crippen LogP) is 2.78. The van der Waals surface area contributed by atoms with E-state index in [1.807, 2.05) is 26.0 Å². The normalized spacial score (nSPS) is 18.5. The van der Waals surface area contributed by atoms with E-state index in [1.165, 1.54) is 0 Å². The molecule has 1 aromatic carbocycles. The average molecular weight is 393 g/mol. The van der Waals surface area contributed by atoms with E-state index >= 15 is 0 Å². The van der Waals surface area contributed by atoms with Gasteiger partial charge in [0.1, 0.15) is 0 Å². The molecule has 2 aromatic rings. The Morgan fingerprint density at radius 1 is 1.19 bits per heavy atom. The molecule has 1 fully saturated rings. The molecule has 1 aliphatic heterocycles. The van der Waals surface area contributed by atoms with E-state index < -0.39 is 16.8 Å². The van der Waals surface area contributed by atoms with Gasteiger partial charge in [0.25, 0.3) is 0 Å². The van der Waals surface area contributed by atoms with Crippen LogP contribution < -0.4 is 5.73 Å². The predicted molar refractivity (Wildman–Crippen MR) is 108 cm³/mol. The van der Waals surface area contributed by atoms with E-state index in [0.29, 0.717) is 37.5 Å². The number of benzene rings is 1. The van der Waals surface area contributed by atoms with E-state index in [1.54, 1.807) is 33.7 Å². The molecule has 0 spiro atoms. The zero-order chi connectivity index (χ0) is 19.6. The minimum Gasteiger partial charge on any atom is -0.340 e. The second-order valence-corrected chi connectivity index (χ2v) is 9.24. The first-order valence-corrected chi connectivity index (χ1v) is 10.7. The zero-order valence-corrected chi connectivity index (χ0v) is 16.6. The number of fused-ring (bicyclic) bond motifs is 1. The number of pyridine rings is 1. The van der Waals surface area contributed by atoms with Gasteiger partial charge in [-0.1, -0.05) is 26.0 Å².